The molecule has 6 heteroatoms. The van der Waals surface area contributed by atoms with Crippen LogP contribution in [-0.2, 0) is 0 Å². The van der Waals surface area contributed by atoms with E-state index in [2.05, 4.69) is 44.0 Å². The van der Waals surface area contributed by atoms with Gasteiger partial charge >= 0.3 is 0 Å². The number of fused-ring (bicyclic) bond motifs is 1. The largest absolute Gasteiger partial charge is 0.494 e. The maximum atomic E-state index is 13.9. The lowest BCUT2D eigenvalue weighted by Gasteiger charge is -2.37. The molecule has 5 nitrogen and oxygen atoms in total. The Morgan fingerprint density at radius 1 is 0.960 bits per heavy atom. The quantitative estimate of drug-likeness (QED) is 0.734. The molecule has 2 aromatic carbocycles. The first-order valence-corrected chi connectivity index (χ1v) is 8.29. The molecule has 128 valence electrons. The van der Waals surface area contributed by atoms with Crippen LogP contribution in [0.5, 0.6) is 5.75 Å². The summed E-state index contributed by atoms with van der Waals surface area (Å²) in [5, 5.41) is 0.814. The van der Waals surface area contributed by atoms with Crippen molar-refractivity contribution in [2.75, 3.05) is 43.1 Å². The van der Waals surface area contributed by atoms with Gasteiger partial charge in [-0.05, 0) is 18.2 Å². The Hall–Kier alpha value is -2.89. The highest BCUT2D eigenvalue weighted by Gasteiger charge is 2.21. The van der Waals surface area contributed by atoms with Gasteiger partial charge < -0.3 is 14.5 Å². The highest BCUT2D eigenvalue weighted by Crippen LogP contribution is 2.30. The van der Waals surface area contributed by atoms with E-state index < -0.39 is 5.82 Å². The molecule has 3 aromatic rings. The van der Waals surface area contributed by atoms with Crippen molar-refractivity contribution in [3.05, 3.63) is 54.6 Å². The first kappa shape index (κ1) is 15.6. The third-order valence-corrected chi connectivity index (χ3v) is 4.59. The minimum Gasteiger partial charge on any atom is -0.494 e. The molecular formula is C19H19FN4O. The van der Waals surface area contributed by atoms with Crippen molar-refractivity contribution in [2.24, 2.45) is 0 Å². The SMILES string of the molecule is COc1cc2c(N3CCN(c4ccccc4)CC3)ncnc2cc1F. The topological polar surface area (TPSA) is 41.5 Å². The van der Waals surface area contributed by atoms with Crippen LogP contribution in [0.25, 0.3) is 10.9 Å². The molecule has 2 heterocycles. The van der Waals surface area contributed by atoms with Gasteiger partial charge in [-0.25, -0.2) is 14.4 Å². The molecule has 1 aliphatic rings. The molecule has 1 aromatic heterocycles. The number of methoxy groups -OCH3 is 1. The fourth-order valence-corrected chi connectivity index (χ4v) is 3.27. The molecule has 1 aliphatic heterocycles. The minimum absolute atomic E-state index is 0.214. The van der Waals surface area contributed by atoms with Gasteiger partial charge in [0.05, 0.1) is 12.6 Å². The van der Waals surface area contributed by atoms with Crippen molar-refractivity contribution in [3.63, 3.8) is 0 Å². The van der Waals surface area contributed by atoms with E-state index in [4.69, 9.17) is 4.74 Å². The summed E-state index contributed by atoms with van der Waals surface area (Å²) in [6.07, 6.45) is 1.49. The molecule has 4 rings (SSSR count). The smallest absolute Gasteiger partial charge is 0.167 e. The summed E-state index contributed by atoms with van der Waals surface area (Å²) in [4.78, 5) is 13.2. The zero-order valence-electron chi connectivity index (χ0n) is 14.0. The number of anilines is 2. The summed E-state index contributed by atoms with van der Waals surface area (Å²) in [6.45, 7) is 3.52. The third kappa shape index (κ3) is 2.95. The van der Waals surface area contributed by atoms with Crippen molar-refractivity contribution >= 4 is 22.4 Å². The summed E-state index contributed by atoms with van der Waals surface area (Å²) in [7, 11) is 1.46. The number of para-hydroxylation sites is 1. The van der Waals surface area contributed by atoms with Gasteiger partial charge in [-0.15, -0.1) is 0 Å². The van der Waals surface area contributed by atoms with Gasteiger partial charge in [0.25, 0.3) is 0 Å². The fraction of sp³-hybridized carbons (Fsp3) is 0.263. The summed E-state index contributed by atoms with van der Waals surface area (Å²) >= 11 is 0. The molecule has 0 atom stereocenters. The number of nitrogens with zero attached hydrogens (tertiary/aromatic N) is 4. The number of halogens is 1. The molecule has 0 aliphatic carbocycles. The van der Waals surface area contributed by atoms with Gasteiger partial charge in [-0.3, -0.25) is 0 Å². The first-order chi connectivity index (χ1) is 12.3. The second-order valence-corrected chi connectivity index (χ2v) is 6.01. The molecule has 0 saturated carbocycles. The second kappa shape index (κ2) is 6.55. The maximum absolute atomic E-state index is 13.9. The van der Waals surface area contributed by atoms with Crippen molar-refractivity contribution in [3.8, 4) is 5.75 Å². The van der Waals surface area contributed by atoms with Gasteiger partial charge in [0, 0.05) is 43.3 Å². The Balaban J connectivity index is 1.61. The lowest BCUT2D eigenvalue weighted by Crippen LogP contribution is -2.46. The van der Waals surface area contributed by atoms with Crippen molar-refractivity contribution in [1.82, 2.24) is 9.97 Å². The second-order valence-electron chi connectivity index (χ2n) is 6.01. The van der Waals surface area contributed by atoms with E-state index in [1.807, 2.05) is 6.07 Å². The van der Waals surface area contributed by atoms with Crippen LogP contribution in [0.2, 0.25) is 0 Å². The number of ether oxygens (including phenoxy) is 1. The molecule has 0 radical (unpaired) electrons. The van der Waals surface area contributed by atoms with Crippen LogP contribution in [0.15, 0.2) is 48.8 Å². The number of aromatic nitrogens is 2. The average Bonchev–Trinajstić information content (AvgIpc) is 2.68. The zero-order valence-corrected chi connectivity index (χ0v) is 14.0. The third-order valence-electron chi connectivity index (χ3n) is 4.59. The summed E-state index contributed by atoms with van der Waals surface area (Å²) in [5.74, 6) is 0.635. The van der Waals surface area contributed by atoms with Crippen molar-refractivity contribution < 1.29 is 9.13 Å². The van der Waals surface area contributed by atoms with E-state index in [1.165, 1.54) is 25.2 Å². The molecular weight excluding hydrogens is 319 g/mol. The number of hydrogen-bond donors (Lipinski definition) is 0. The number of rotatable bonds is 3. The van der Waals surface area contributed by atoms with Crippen LogP contribution < -0.4 is 14.5 Å². The van der Waals surface area contributed by atoms with Crippen LogP contribution in [-0.4, -0.2) is 43.3 Å². The van der Waals surface area contributed by atoms with Crippen LogP contribution in [0.4, 0.5) is 15.9 Å². The van der Waals surface area contributed by atoms with Gasteiger partial charge in [0.1, 0.15) is 12.1 Å². The van der Waals surface area contributed by atoms with E-state index in [0.717, 1.165) is 37.4 Å². The predicted molar refractivity (Wildman–Crippen MR) is 96.9 cm³/mol. The van der Waals surface area contributed by atoms with E-state index >= 15 is 0 Å². The molecule has 0 unspecified atom stereocenters. The molecule has 1 fully saturated rings. The lowest BCUT2D eigenvalue weighted by atomic mass is 10.2. The van der Waals surface area contributed by atoms with Gasteiger partial charge in [-0.1, -0.05) is 18.2 Å². The van der Waals surface area contributed by atoms with Gasteiger partial charge in [-0.2, -0.15) is 0 Å². The normalized spacial score (nSPS) is 14.8. The standard InChI is InChI=1S/C19H19FN4O/c1-25-18-11-15-17(12-16(18)20)21-13-22-19(15)24-9-7-23(8-10-24)14-5-3-2-4-6-14/h2-6,11-13H,7-10H2,1H3. The Bertz CT molecular complexity index is 879. The fourth-order valence-electron chi connectivity index (χ4n) is 3.27. The van der Waals surface area contributed by atoms with Crippen LogP contribution in [0, 0.1) is 5.82 Å². The monoisotopic (exact) mass is 338 g/mol. The van der Waals surface area contributed by atoms with Gasteiger partial charge in [0.2, 0.25) is 0 Å². The van der Waals surface area contributed by atoms with Crippen LogP contribution in [0.1, 0.15) is 0 Å². The Morgan fingerprint density at radius 2 is 1.68 bits per heavy atom. The Kier molecular flexibility index (Phi) is 4.09. The number of piperazine rings is 1. The summed E-state index contributed by atoms with van der Waals surface area (Å²) < 4.78 is 19.0. The predicted octanol–water partition coefficient (Wildman–Crippen LogP) is 3.10. The zero-order chi connectivity index (χ0) is 17.2. The summed E-state index contributed by atoms with van der Waals surface area (Å²) in [6, 6.07) is 13.5. The lowest BCUT2D eigenvalue weighted by molar-refractivity contribution is 0.387. The highest BCUT2D eigenvalue weighted by molar-refractivity contribution is 5.90. The summed E-state index contributed by atoms with van der Waals surface area (Å²) in [5.41, 5.74) is 1.83. The first-order valence-electron chi connectivity index (χ1n) is 8.29. The molecule has 25 heavy (non-hydrogen) atoms. The van der Waals surface area contributed by atoms with E-state index in [0.29, 0.717) is 5.52 Å². The molecule has 0 amide bonds. The molecule has 0 N–H and O–H groups in total. The number of hydrogen-bond acceptors (Lipinski definition) is 5. The van der Waals surface area contributed by atoms with E-state index in [-0.39, 0.29) is 5.75 Å². The van der Waals surface area contributed by atoms with Crippen molar-refractivity contribution in [1.29, 1.82) is 0 Å². The Labute approximate surface area is 145 Å². The Morgan fingerprint density at radius 3 is 2.40 bits per heavy atom. The molecule has 0 spiro atoms. The number of benzene rings is 2. The maximum Gasteiger partial charge on any atom is 0.167 e. The van der Waals surface area contributed by atoms with E-state index in [9.17, 15) is 4.39 Å². The molecule has 1 saturated heterocycles. The average molecular weight is 338 g/mol. The van der Waals surface area contributed by atoms with E-state index in [1.54, 1.807) is 6.07 Å². The molecule has 0 bridgehead atoms. The van der Waals surface area contributed by atoms with Crippen LogP contribution >= 0.6 is 0 Å². The van der Waals surface area contributed by atoms with Gasteiger partial charge in [0.15, 0.2) is 11.6 Å². The highest BCUT2D eigenvalue weighted by atomic mass is 19.1. The minimum atomic E-state index is -0.409. The van der Waals surface area contributed by atoms with Crippen LogP contribution in [0.3, 0.4) is 0 Å². The van der Waals surface area contributed by atoms with Crippen molar-refractivity contribution in [2.45, 2.75) is 0 Å².